The number of anilines is 1. The third kappa shape index (κ3) is 2.59. The van der Waals surface area contributed by atoms with Crippen LogP contribution in [0.25, 0.3) is 0 Å². The molecule has 0 aliphatic heterocycles. The molecule has 0 unspecified atom stereocenters. The van der Waals surface area contributed by atoms with Crippen molar-refractivity contribution in [3.05, 3.63) is 27.7 Å². The number of aromatic nitrogens is 3. The van der Waals surface area contributed by atoms with E-state index in [0.29, 0.717) is 5.95 Å². The first kappa shape index (κ1) is 12.8. The maximum Gasteiger partial charge on any atom is 0.268 e. The van der Waals surface area contributed by atoms with E-state index in [1.54, 1.807) is 17.9 Å². The van der Waals surface area contributed by atoms with Gasteiger partial charge in [0, 0.05) is 11.9 Å². The molecule has 2 heterocycles. The molecule has 0 aliphatic carbocycles. The molecule has 2 rings (SSSR count). The van der Waals surface area contributed by atoms with Gasteiger partial charge in [-0.2, -0.15) is 0 Å². The highest BCUT2D eigenvalue weighted by Gasteiger charge is 2.14. The van der Waals surface area contributed by atoms with Gasteiger partial charge >= 0.3 is 0 Å². The summed E-state index contributed by atoms with van der Waals surface area (Å²) >= 11 is 1.52. The maximum atomic E-state index is 12.1. The zero-order valence-electron chi connectivity index (χ0n) is 10.7. The average molecular weight is 264 g/mol. The minimum Gasteiger partial charge on any atom is -0.303 e. The van der Waals surface area contributed by atoms with Gasteiger partial charge in [0.05, 0.1) is 4.88 Å². The third-order valence-corrected chi connectivity index (χ3v) is 3.79. The van der Waals surface area contributed by atoms with E-state index in [1.807, 2.05) is 6.07 Å². The Labute approximate surface area is 110 Å². The summed E-state index contributed by atoms with van der Waals surface area (Å²) in [6, 6.07) is 1.97. The van der Waals surface area contributed by atoms with Crippen molar-refractivity contribution in [2.75, 3.05) is 5.32 Å². The van der Waals surface area contributed by atoms with Crippen LogP contribution < -0.4 is 5.32 Å². The van der Waals surface area contributed by atoms with Crippen molar-refractivity contribution >= 4 is 23.2 Å². The van der Waals surface area contributed by atoms with Gasteiger partial charge in [-0.25, -0.2) is 0 Å². The van der Waals surface area contributed by atoms with E-state index in [-0.39, 0.29) is 5.91 Å². The lowest BCUT2D eigenvalue weighted by atomic mass is 10.1. The summed E-state index contributed by atoms with van der Waals surface area (Å²) in [4.78, 5) is 14.0. The highest BCUT2D eigenvalue weighted by atomic mass is 32.1. The van der Waals surface area contributed by atoms with Crippen LogP contribution in [0.4, 0.5) is 5.95 Å². The summed E-state index contributed by atoms with van der Waals surface area (Å²) in [5.74, 6) is 0.338. The fourth-order valence-corrected chi connectivity index (χ4v) is 2.68. The Morgan fingerprint density at radius 1 is 1.56 bits per heavy atom. The molecule has 18 heavy (non-hydrogen) atoms. The second kappa shape index (κ2) is 5.30. The van der Waals surface area contributed by atoms with E-state index in [2.05, 4.69) is 29.4 Å². The maximum absolute atomic E-state index is 12.1. The second-order valence-corrected chi connectivity index (χ2v) is 5.42. The Balaban J connectivity index is 2.14. The van der Waals surface area contributed by atoms with E-state index < -0.39 is 0 Å². The SMILES string of the molecule is CCCc1cc(C(=O)Nc2nncn2C)sc1C. The molecular weight excluding hydrogens is 248 g/mol. The number of hydrogen-bond donors (Lipinski definition) is 1. The van der Waals surface area contributed by atoms with E-state index in [1.165, 1.54) is 21.8 Å². The lowest BCUT2D eigenvalue weighted by Crippen LogP contribution is -2.13. The summed E-state index contributed by atoms with van der Waals surface area (Å²) in [5.41, 5.74) is 1.26. The molecule has 0 saturated heterocycles. The van der Waals surface area contributed by atoms with Crippen LogP contribution in [-0.2, 0) is 13.5 Å². The van der Waals surface area contributed by atoms with Gasteiger partial charge in [0.1, 0.15) is 6.33 Å². The largest absolute Gasteiger partial charge is 0.303 e. The van der Waals surface area contributed by atoms with Crippen molar-refractivity contribution < 1.29 is 4.79 Å². The summed E-state index contributed by atoms with van der Waals surface area (Å²) < 4.78 is 1.67. The number of carbonyl (C=O) groups excluding carboxylic acids is 1. The average Bonchev–Trinajstić information content (AvgIpc) is 2.88. The Morgan fingerprint density at radius 3 is 2.94 bits per heavy atom. The van der Waals surface area contributed by atoms with Crippen LogP contribution in [0.2, 0.25) is 0 Å². The normalized spacial score (nSPS) is 10.6. The highest BCUT2D eigenvalue weighted by molar-refractivity contribution is 7.14. The fourth-order valence-electron chi connectivity index (χ4n) is 1.71. The van der Waals surface area contributed by atoms with E-state index >= 15 is 0 Å². The minimum atomic E-state index is -0.124. The van der Waals surface area contributed by atoms with Crippen LogP contribution in [0.1, 0.15) is 33.5 Å². The Hall–Kier alpha value is -1.69. The van der Waals surface area contributed by atoms with Crippen LogP contribution in [-0.4, -0.2) is 20.7 Å². The van der Waals surface area contributed by atoms with Gasteiger partial charge in [-0.15, -0.1) is 21.5 Å². The van der Waals surface area contributed by atoms with Gasteiger partial charge in [-0.3, -0.25) is 10.1 Å². The Morgan fingerprint density at radius 2 is 2.33 bits per heavy atom. The van der Waals surface area contributed by atoms with Crippen molar-refractivity contribution in [1.82, 2.24) is 14.8 Å². The highest BCUT2D eigenvalue weighted by Crippen LogP contribution is 2.23. The molecule has 0 saturated carbocycles. The van der Waals surface area contributed by atoms with Crippen LogP contribution in [0, 0.1) is 6.92 Å². The van der Waals surface area contributed by atoms with Crippen molar-refractivity contribution in [3.8, 4) is 0 Å². The number of nitrogens with one attached hydrogen (secondary N) is 1. The number of thiophene rings is 1. The Bertz CT molecular complexity index is 558. The molecule has 0 spiro atoms. The van der Waals surface area contributed by atoms with Gasteiger partial charge < -0.3 is 4.57 Å². The van der Waals surface area contributed by atoms with Crippen molar-refractivity contribution in [3.63, 3.8) is 0 Å². The molecule has 1 N–H and O–H groups in total. The van der Waals surface area contributed by atoms with E-state index in [0.717, 1.165) is 17.7 Å². The summed E-state index contributed by atoms with van der Waals surface area (Å²) in [6.45, 7) is 4.19. The van der Waals surface area contributed by atoms with Crippen molar-refractivity contribution in [1.29, 1.82) is 0 Å². The number of aryl methyl sites for hydroxylation is 3. The summed E-state index contributed by atoms with van der Waals surface area (Å²) in [6.07, 6.45) is 3.65. The first-order valence-electron chi connectivity index (χ1n) is 5.86. The topological polar surface area (TPSA) is 59.8 Å². The van der Waals surface area contributed by atoms with Crippen LogP contribution in [0.15, 0.2) is 12.4 Å². The Kier molecular flexibility index (Phi) is 3.76. The molecule has 5 nitrogen and oxygen atoms in total. The first-order valence-corrected chi connectivity index (χ1v) is 6.68. The molecule has 0 fully saturated rings. The number of carbonyl (C=O) groups is 1. The molecule has 0 atom stereocenters. The molecule has 2 aromatic rings. The van der Waals surface area contributed by atoms with Crippen molar-refractivity contribution in [2.45, 2.75) is 26.7 Å². The minimum absolute atomic E-state index is 0.124. The predicted molar refractivity (Wildman–Crippen MR) is 72.0 cm³/mol. The lowest BCUT2D eigenvalue weighted by Gasteiger charge is -2.00. The third-order valence-electron chi connectivity index (χ3n) is 2.70. The molecular formula is C12H16N4OS. The zero-order chi connectivity index (χ0) is 13.1. The van der Waals surface area contributed by atoms with Gasteiger partial charge in [0.15, 0.2) is 0 Å². The second-order valence-electron chi connectivity index (χ2n) is 4.16. The molecule has 1 amide bonds. The van der Waals surface area contributed by atoms with Crippen LogP contribution in [0.5, 0.6) is 0 Å². The standard InChI is InChI=1S/C12H16N4OS/c1-4-5-9-6-10(18-8(9)2)11(17)14-12-15-13-7-16(12)3/h6-7H,4-5H2,1-3H3,(H,14,15,17). The quantitative estimate of drug-likeness (QED) is 0.922. The molecule has 0 aromatic carbocycles. The summed E-state index contributed by atoms with van der Waals surface area (Å²) in [5, 5.41) is 10.3. The number of amides is 1. The van der Waals surface area contributed by atoms with E-state index in [9.17, 15) is 4.79 Å². The number of hydrogen-bond acceptors (Lipinski definition) is 4. The predicted octanol–water partition coefficient (Wildman–Crippen LogP) is 2.39. The molecule has 0 aliphatic rings. The van der Waals surface area contributed by atoms with Gasteiger partial charge in [0.2, 0.25) is 5.95 Å². The summed E-state index contributed by atoms with van der Waals surface area (Å²) in [7, 11) is 1.79. The van der Waals surface area contributed by atoms with Crippen LogP contribution >= 0.6 is 11.3 Å². The fraction of sp³-hybridized carbons (Fsp3) is 0.417. The van der Waals surface area contributed by atoms with Gasteiger partial charge in [-0.05, 0) is 25.0 Å². The molecule has 2 aromatic heterocycles. The molecule has 0 radical (unpaired) electrons. The first-order chi connectivity index (χ1) is 8.61. The van der Waals surface area contributed by atoms with Gasteiger partial charge in [0.25, 0.3) is 5.91 Å². The molecule has 96 valence electrons. The van der Waals surface area contributed by atoms with Gasteiger partial charge in [-0.1, -0.05) is 13.3 Å². The lowest BCUT2D eigenvalue weighted by molar-refractivity contribution is 0.102. The van der Waals surface area contributed by atoms with Crippen LogP contribution in [0.3, 0.4) is 0 Å². The van der Waals surface area contributed by atoms with E-state index in [4.69, 9.17) is 0 Å². The smallest absolute Gasteiger partial charge is 0.268 e. The molecule has 6 heteroatoms. The number of rotatable bonds is 4. The number of nitrogens with zero attached hydrogens (tertiary/aromatic N) is 3. The van der Waals surface area contributed by atoms with Crippen molar-refractivity contribution in [2.24, 2.45) is 7.05 Å². The molecule has 0 bridgehead atoms. The zero-order valence-corrected chi connectivity index (χ0v) is 11.5. The monoisotopic (exact) mass is 264 g/mol.